The first-order valence-electron chi connectivity index (χ1n) is 10.0. The van der Waals surface area contributed by atoms with Gasteiger partial charge in [0.1, 0.15) is 11.6 Å². The number of anilines is 1. The van der Waals surface area contributed by atoms with Gasteiger partial charge in [0.15, 0.2) is 10.8 Å². The normalized spacial score (nSPS) is 11.1. The largest absolute Gasteiger partial charge is 0.493 e. The number of thioether (sulfide) groups is 1. The topological polar surface area (TPSA) is 94.0 Å². The number of para-hydroxylation sites is 1. The molecule has 2 aromatic heterocycles. The second-order valence-corrected chi connectivity index (χ2v) is 7.90. The number of hydrogen-bond acceptors (Lipinski definition) is 7. The lowest BCUT2D eigenvalue weighted by molar-refractivity contribution is 0.0948. The van der Waals surface area contributed by atoms with Crippen molar-refractivity contribution in [1.29, 1.82) is 0 Å². The lowest BCUT2D eigenvalue weighted by Crippen LogP contribution is -2.28. The first-order chi connectivity index (χ1) is 14.5. The summed E-state index contributed by atoms with van der Waals surface area (Å²) in [6.45, 7) is 8.44. The van der Waals surface area contributed by atoms with Crippen molar-refractivity contribution in [3.63, 3.8) is 0 Å². The van der Waals surface area contributed by atoms with Gasteiger partial charge in [-0.2, -0.15) is 5.10 Å². The van der Waals surface area contributed by atoms with Crippen molar-refractivity contribution in [3.05, 3.63) is 36.0 Å². The predicted octanol–water partition coefficient (Wildman–Crippen LogP) is 3.44. The van der Waals surface area contributed by atoms with Crippen LogP contribution >= 0.6 is 11.8 Å². The van der Waals surface area contributed by atoms with E-state index in [0.29, 0.717) is 42.1 Å². The number of aromatic nitrogens is 4. The highest BCUT2D eigenvalue weighted by Gasteiger charge is 2.14. The maximum Gasteiger partial charge on any atom is 0.255 e. The standard InChI is InChI=1S/C21H28N6O2S/c1-5-29-17-9-7-6-8-15(17)20(28)22-10-11-27-19-16(13-24-27)18(23-12-14(2)3)25-21(26-19)30-4/h6-9,13-14H,5,10-12H2,1-4H3,(H,22,28)(H,23,25,26). The van der Waals surface area contributed by atoms with Crippen LogP contribution < -0.4 is 15.4 Å². The third-order valence-electron chi connectivity index (χ3n) is 4.38. The Balaban J connectivity index is 1.72. The van der Waals surface area contributed by atoms with Crippen LogP contribution in [0.3, 0.4) is 0 Å². The molecule has 0 aliphatic carbocycles. The van der Waals surface area contributed by atoms with E-state index in [4.69, 9.17) is 4.74 Å². The van der Waals surface area contributed by atoms with Gasteiger partial charge in [-0.1, -0.05) is 37.7 Å². The van der Waals surface area contributed by atoms with E-state index < -0.39 is 0 Å². The molecule has 9 heteroatoms. The van der Waals surface area contributed by atoms with Gasteiger partial charge < -0.3 is 15.4 Å². The zero-order chi connectivity index (χ0) is 21.5. The molecule has 2 heterocycles. The number of nitrogens with zero attached hydrogens (tertiary/aromatic N) is 4. The van der Waals surface area contributed by atoms with Crippen LogP contribution in [-0.4, -0.2) is 51.6 Å². The molecule has 0 saturated carbocycles. The van der Waals surface area contributed by atoms with Crippen molar-refractivity contribution in [2.75, 3.05) is 31.3 Å². The van der Waals surface area contributed by atoms with Gasteiger partial charge in [-0.3, -0.25) is 4.79 Å². The molecule has 1 aromatic carbocycles. The average molecular weight is 429 g/mol. The minimum atomic E-state index is -0.172. The smallest absolute Gasteiger partial charge is 0.255 e. The van der Waals surface area contributed by atoms with Crippen molar-refractivity contribution in [2.45, 2.75) is 32.5 Å². The molecule has 3 rings (SSSR count). The van der Waals surface area contributed by atoms with Crippen molar-refractivity contribution >= 4 is 34.5 Å². The zero-order valence-electron chi connectivity index (χ0n) is 17.8. The molecule has 0 aliphatic rings. The predicted molar refractivity (Wildman–Crippen MR) is 120 cm³/mol. The molecular weight excluding hydrogens is 400 g/mol. The first kappa shape index (κ1) is 21.9. The zero-order valence-corrected chi connectivity index (χ0v) is 18.6. The number of rotatable bonds is 10. The molecule has 2 N–H and O–H groups in total. The highest BCUT2D eigenvalue weighted by molar-refractivity contribution is 7.98. The molecule has 0 radical (unpaired) electrons. The van der Waals surface area contributed by atoms with Gasteiger partial charge in [-0.05, 0) is 31.2 Å². The highest BCUT2D eigenvalue weighted by Crippen LogP contribution is 2.23. The summed E-state index contributed by atoms with van der Waals surface area (Å²) < 4.78 is 7.34. The van der Waals surface area contributed by atoms with Crippen molar-refractivity contribution < 1.29 is 9.53 Å². The molecule has 3 aromatic rings. The van der Waals surface area contributed by atoms with E-state index in [0.717, 1.165) is 23.4 Å². The van der Waals surface area contributed by atoms with Crippen LogP contribution in [0, 0.1) is 5.92 Å². The Hall–Kier alpha value is -2.81. The summed E-state index contributed by atoms with van der Waals surface area (Å²) in [5.74, 6) is 1.70. The second-order valence-electron chi connectivity index (χ2n) is 7.12. The lowest BCUT2D eigenvalue weighted by Gasteiger charge is -2.11. The van der Waals surface area contributed by atoms with Crippen LogP contribution in [0.5, 0.6) is 5.75 Å². The molecule has 0 aliphatic heterocycles. The van der Waals surface area contributed by atoms with E-state index in [-0.39, 0.29) is 5.91 Å². The molecule has 0 atom stereocenters. The van der Waals surface area contributed by atoms with E-state index in [1.807, 2.05) is 25.3 Å². The number of nitrogens with one attached hydrogen (secondary N) is 2. The molecular formula is C21H28N6O2S. The average Bonchev–Trinajstić information content (AvgIpc) is 3.15. The summed E-state index contributed by atoms with van der Waals surface area (Å²) in [5, 5.41) is 12.4. The van der Waals surface area contributed by atoms with Crippen molar-refractivity contribution in [1.82, 2.24) is 25.1 Å². The number of benzene rings is 1. The molecule has 30 heavy (non-hydrogen) atoms. The van der Waals surface area contributed by atoms with Gasteiger partial charge in [-0.25, -0.2) is 14.6 Å². The Morgan fingerprint density at radius 3 is 2.80 bits per heavy atom. The summed E-state index contributed by atoms with van der Waals surface area (Å²) >= 11 is 1.49. The number of fused-ring (bicyclic) bond motifs is 1. The third kappa shape index (κ3) is 5.21. The van der Waals surface area contributed by atoms with Gasteiger partial charge >= 0.3 is 0 Å². The summed E-state index contributed by atoms with van der Waals surface area (Å²) in [6, 6.07) is 7.23. The van der Waals surface area contributed by atoms with E-state index in [9.17, 15) is 4.79 Å². The van der Waals surface area contributed by atoms with Crippen molar-refractivity contribution in [2.24, 2.45) is 5.92 Å². The molecule has 1 amide bonds. The number of carbonyl (C=O) groups excluding carboxylic acids is 1. The van der Waals surface area contributed by atoms with Crippen LogP contribution in [0.4, 0.5) is 5.82 Å². The van der Waals surface area contributed by atoms with E-state index in [2.05, 4.69) is 39.5 Å². The quantitative estimate of drug-likeness (QED) is 0.377. The fourth-order valence-electron chi connectivity index (χ4n) is 2.93. The summed E-state index contributed by atoms with van der Waals surface area (Å²) in [6.07, 6.45) is 3.72. The molecule has 0 spiro atoms. The fourth-order valence-corrected chi connectivity index (χ4v) is 3.29. The van der Waals surface area contributed by atoms with Crippen LogP contribution in [0.15, 0.2) is 35.6 Å². The maximum atomic E-state index is 12.6. The molecule has 0 fully saturated rings. The first-order valence-corrected chi connectivity index (χ1v) is 11.3. The number of hydrogen-bond donors (Lipinski definition) is 2. The molecule has 0 saturated heterocycles. The van der Waals surface area contributed by atoms with Gasteiger partial charge in [0.05, 0.1) is 30.3 Å². The van der Waals surface area contributed by atoms with Gasteiger partial charge in [0, 0.05) is 13.1 Å². The minimum Gasteiger partial charge on any atom is -0.493 e. The van der Waals surface area contributed by atoms with Gasteiger partial charge in [0.2, 0.25) is 0 Å². The van der Waals surface area contributed by atoms with Crippen LogP contribution in [0.25, 0.3) is 11.0 Å². The fraction of sp³-hybridized carbons (Fsp3) is 0.429. The molecule has 0 bridgehead atoms. The molecule has 160 valence electrons. The third-order valence-corrected chi connectivity index (χ3v) is 4.92. The SMILES string of the molecule is CCOc1ccccc1C(=O)NCCn1ncc2c(NCC(C)C)nc(SC)nc21. The molecule has 0 unspecified atom stereocenters. The lowest BCUT2D eigenvalue weighted by atomic mass is 10.2. The Morgan fingerprint density at radius 2 is 2.07 bits per heavy atom. The van der Waals surface area contributed by atoms with E-state index in [1.54, 1.807) is 23.0 Å². The van der Waals surface area contributed by atoms with E-state index in [1.165, 1.54) is 11.8 Å². The Bertz CT molecular complexity index is 1000. The van der Waals surface area contributed by atoms with E-state index >= 15 is 0 Å². The number of ether oxygens (including phenoxy) is 1. The Morgan fingerprint density at radius 1 is 1.27 bits per heavy atom. The van der Waals surface area contributed by atoms with Crippen LogP contribution in [0.2, 0.25) is 0 Å². The number of amides is 1. The Kier molecular flexibility index (Phi) is 7.51. The van der Waals surface area contributed by atoms with Crippen LogP contribution in [-0.2, 0) is 6.54 Å². The monoisotopic (exact) mass is 428 g/mol. The van der Waals surface area contributed by atoms with Gasteiger partial charge in [0.25, 0.3) is 5.91 Å². The Labute approximate surface area is 180 Å². The minimum absolute atomic E-state index is 0.172. The number of carbonyl (C=O) groups is 1. The molecule has 8 nitrogen and oxygen atoms in total. The highest BCUT2D eigenvalue weighted by atomic mass is 32.2. The maximum absolute atomic E-state index is 12.6. The summed E-state index contributed by atoms with van der Waals surface area (Å²) in [7, 11) is 0. The summed E-state index contributed by atoms with van der Waals surface area (Å²) in [4.78, 5) is 21.8. The second kappa shape index (κ2) is 10.3. The van der Waals surface area contributed by atoms with Gasteiger partial charge in [-0.15, -0.1) is 0 Å². The summed E-state index contributed by atoms with van der Waals surface area (Å²) in [5.41, 5.74) is 1.28. The van der Waals surface area contributed by atoms with Crippen molar-refractivity contribution in [3.8, 4) is 5.75 Å². The van der Waals surface area contributed by atoms with Crippen LogP contribution in [0.1, 0.15) is 31.1 Å².